The first-order valence-electron chi connectivity index (χ1n) is 6.30. The van der Waals surface area contributed by atoms with E-state index in [1.54, 1.807) is 18.2 Å². The molecule has 0 aliphatic carbocycles. The second-order valence-corrected chi connectivity index (χ2v) is 5.07. The molecule has 1 aromatic carbocycles. The van der Waals surface area contributed by atoms with E-state index in [4.69, 9.17) is 27.9 Å². The van der Waals surface area contributed by atoms with E-state index >= 15 is 0 Å². The van der Waals surface area contributed by atoms with Gasteiger partial charge in [-0.25, -0.2) is 9.97 Å². The van der Waals surface area contributed by atoms with Gasteiger partial charge in [0.2, 0.25) is 5.88 Å². The maximum atomic E-state index is 5.96. The molecule has 0 saturated heterocycles. The molecule has 0 saturated carbocycles. The molecule has 2 aromatic rings. The van der Waals surface area contributed by atoms with Gasteiger partial charge in [-0.1, -0.05) is 30.1 Å². The lowest BCUT2D eigenvalue weighted by atomic mass is 10.3. The summed E-state index contributed by atoms with van der Waals surface area (Å²) in [5.41, 5.74) is 0.854. The fourth-order valence-electron chi connectivity index (χ4n) is 1.61. The molecular formula is C14H15Cl2N3O. The number of ether oxygens (including phenoxy) is 1. The maximum absolute atomic E-state index is 5.96. The van der Waals surface area contributed by atoms with Crippen LogP contribution in [0.25, 0.3) is 0 Å². The van der Waals surface area contributed by atoms with E-state index in [1.165, 1.54) is 6.33 Å². The zero-order chi connectivity index (χ0) is 14.5. The summed E-state index contributed by atoms with van der Waals surface area (Å²) in [7, 11) is 0. The Morgan fingerprint density at radius 1 is 1.20 bits per heavy atom. The summed E-state index contributed by atoms with van der Waals surface area (Å²) in [6, 6.07) is 5.09. The minimum absolute atomic E-state index is 0.445. The monoisotopic (exact) mass is 311 g/mol. The highest BCUT2D eigenvalue weighted by Gasteiger charge is 2.09. The van der Waals surface area contributed by atoms with Gasteiger partial charge in [0.1, 0.15) is 17.9 Å². The van der Waals surface area contributed by atoms with Crippen LogP contribution in [0.15, 0.2) is 24.5 Å². The molecule has 0 unspecified atom stereocenters. The number of nitrogens with one attached hydrogen (secondary N) is 1. The first kappa shape index (κ1) is 14.9. The van der Waals surface area contributed by atoms with E-state index in [0.29, 0.717) is 21.7 Å². The van der Waals surface area contributed by atoms with E-state index in [0.717, 1.165) is 24.3 Å². The van der Waals surface area contributed by atoms with Gasteiger partial charge in [0.25, 0.3) is 0 Å². The highest BCUT2D eigenvalue weighted by molar-refractivity contribution is 6.42. The second kappa shape index (κ2) is 6.77. The molecule has 0 fully saturated rings. The minimum atomic E-state index is 0.445. The number of hydrogen-bond donors (Lipinski definition) is 1. The third-order valence-electron chi connectivity index (χ3n) is 2.69. The van der Waals surface area contributed by atoms with Crippen molar-refractivity contribution in [2.24, 2.45) is 0 Å². The lowest BCUT2D eigenvalue weighted by molar-refractivity contribution is 0.458. The van der Waals surface area contributed by atoms with Crippen LogP contribution in [-0.4, -0.2) is 16.5 Å². The number of nitrogens with zero attached hydrogens (tertiary/aromatic N) is 2. The fourth-order valence-corrected chi connectivity index (χ4v) is 1.90. The Morgan fingerprint density at radius 3 is 2.70 bits per heavy atom. The molecule has 20 heavy (non-hydrogen) atoms. The second-order valence-electron chi connectivity index (χ2n) is 4.26. The van der Waals surface area contributed by atoms with Crippen molar-refractivity contribution in [2.75, 3.05) is 11.9 Å². The van der Waals surface area contributed by atoms with Crippen molar-refractivity contribution in [3.8, 4) is 11.6 Å². The molecule has 4 nitrogen and oxygen atoms in total. The van der Waals surface area contributed by atoms with Crippen LogP contribution in [0.5, 0.6) is 11.6 Å². The first-order chi connectivity index (χ1) is 9.61. The van der Waals surface area contributed by atoms with Crippen LogP contribution in [-0.2, 0) is 0 Å². The third kappa shape index (κ3) is 3.52. The zero-order valence-electron chi connectivity index (χ0n) is 11.3. The molecule has 106 valence electrons. The summed E-state index contributed by atoms with van der Waals surface area (Å²) in [5.74, 6) is 1.86. The van der Waals surface area contributed by atoms with Crippen molar-refractivity contribution in [1.29, 1.82) is 0 Å². The van der Waals surface area contributed by atoms with Crippen LogP contribution in [0.2, 0.25) is 10.0 Å². The summed E-state index contributed by atoms with van der Waals surface area (Å²) in [5, 5.41) is 4.17. The van der Waals surface area contributed by atoms with Gasteiger partial charge < -0.3 is 10.1 Å². The largest absolute Gasteiger partial charge is 0.439 e. The number of benzene rings is 1. The van der Waals surface area contributed by atoms with Gasteiger partial charge in [0, 0.05) is 12.6 Å². The molecule has 1 aromatic heterocycles. The van der Waals surface area contributed by atoms with E-state index in [-0.39, 0.29) is 0 Å². The Morgan fingerprint density at radius 2 is 2.00 bits per heavy atom. The van der Waals surface area contributed by atoms with E-state index < -0.39 is 0 Å². The average Bonchev–Trinajstić information content (AvgIpc) is 2.44. The lowest BCUT2D eigenvalue weighted by Crippen LogP contribution is -2.05. The predicted octanol–water partition coefficient (Wildman–Crippen LogP) is 4.71. The number of rotatable bonds is 5. The lowest BCUT2D eigenvalue weighted by Gasteiger charge is -2.11. The molecule has 0 bridgehead atoms. The number of halogens is 2. The van der Waals surface area contributed by atoms with Crippen LogP contribution in [0, 0.1) is 6.92 Å². The van der Waals surface area contributed by atoms with Gasteiger partial charge in [-0.15, -0.1) is 0 Å². The van der Waals surface area contributed by atoms with E-state index in [9.17, 15) is 0 Å². The molecule has 1 N–H and O–H groups in total. The number of aromatic nitrogens is 2. The van der Waals surface area contributed by atoms with Gasteiger partial charge in [0.15, 0.2) is 0 Å². The van der Waals surface area contributed by atoms with Gasteiger partial charge in [-0.3, -0.25) is 0 Å². The Bertz CT molecular complexity index is 605. The van der Waals surface area contributed by atoms with E-state index in [2.05, 4.69) is 22.2 Å². The van der Waals surface area contributed by atoms with Gasteiger partial charge in [-0.05, 0) is 25.5 Å². The predicted molar refractivity (Wildman–Crippen MR) is 82.1 cm³/mol. The molecule has 0 aliphatic heterocycles. The summed E-state index contributed by atoms with van der Waals surface area (Å²) in [4.78, 5) is 8.35. The molecule has 2 rings (SSSR count). The molecule has 0 amide bonds. The molecule has 0 aliphatic rings. The molecule has 6 heteroatoms. The normalized spacial score (nSPS) is 10.4. The standard InChI is InChI=1S/C14H15Cl2N3O/c1-3-6-17-13-9(2)14(19-8-18-13)20-10-4-5-11(15)12(16)7-10/h4-5,7-8H,3,6H2,1-2H3,(H,17,18,19). The Balaban J connectivity index is 2.22. The number of hydrogen-bond acceptors (Lipinski definition) is 4. The van der Waals surface area contributed by atoms with Crippen molar-refractivity contribution in [2.45, 2.75) is 20.3 Å². The van der Waals surface area contributed by atoms with Crippen molar-refractivity contribution >= 4 is 29.0 Å². The summed E-state index contributed by atoms with van der Waals surface area (Å²) >= 11 is 11.8. The number of anilines is 1. The highest BCUT2D eigenvalue weighted by atomic mass is 35.5. The molecular weight excluding hydrogens is 297 g/mol. The van der Waals surface area contributed by atoms with Crippen molar-refractivity contribution < 1.29 is 4.74 Å². The summed E-state index contributed by atoms with van der Waals surface area (Å²) < 4.78 is 5.73. The van der Waals surface area contributed by atoms with E-state index in [1.807, 2.05) is 6.92 Å². The Labute approximate surface area is 128 Å². The molecule has 0 radical (unpaired) electrons. The summed E-state index contributed by atoms with van der Waals surface area (Å²) in [6.07, 6.45) is 2.49. The topological polar surface area (TPSA) is 47.0 Å². The van der Waals surface area contributed by atoms with Gasteiger partial charge in [-0.2, -0.15) is 0 Å². The maximum Gasteiger partial charge on any atom is 0.227 e. The SMILES string of the molecule is CCCNc1ncnc(Oc2ccc(Cl)c(Cl)c2)c1C. The van der Waals surface area contributed by atoms with Gasteiger partial charge in [0.05, 0.1) is 15.6 Å². The molecule has 1 heterocycles. The van der Waals surface area contributed by atoms with Crippen LogP contribution in [0.1, 0.15) is 18.9 Å². The van der Waals surface area contributed by atoms with Crippen LogP contribution in [0.3, 0.4) is 0 Å². The average molecular weight is 312 g/mol. The fraction of sp³-hybridized carbons (Fsp3) is 0.286. The third-order valence-corrected chi connectivity index (χ3v) is 3.42. The quantitative estimate of drug-likeness (QED) is 0.869. The van der Waals surface area contributed by atoms with Crippen LogP contribution in [0.4, 0.5) is 5.82 Å². The van der Waals surface area contributed by atoms with Crippen LogP contribution < -0.4 is 10.1 Å². The van der Waals surface area contributed by atoms with Crippen molar-refractivity contribution in [3.63, 3.8) is 0 Å². The smallest absolute Gasteiger partial charge is 0.227 e. The minimum Gasteiger partial charge on any atom is -0.439 e. The Hall–Kier alpha value is -1.52. The van der Waals surface area contributed by atoms with Crippen LogP contribution >= 0.6 is 23.2 Å². The molecule has 0 spiro atoms. The Kier molecular flexibility index (Phi) is 5.04. The van der Waals surface area contributed by atoms with Crippen molar-refractivity contribution in [1.82, 2.24) is 9.97 Å². The highest BCUT2D eigenvalue weighted by Crippen LogP contribution is 2.30. The zero-order valence-corrected chi connectivity index (χ0v) is 12.8. The molecule has 0 atom stereocenters. The van der Waals surface area contributed by atoms with Crippen molar-refractivity contribution in [3.05, 3.63) is 40.1 Å². The van der Waals surface area contributed by atoms with Gasteiger partial charge >= 0.3 is 0 Å². The summed E-state index contributed by atoms with van der Waals surface area (Å²) in [6.45, 7) is 4.85. The first-order valence-corrected chi connectivity index (χ1v) is 7.05.